The van der Waals surface area contributed by atoms with E-state index in [1.165, 1.54) is 60.1 Å². The third-order valence-corrected chi connectivity index (χ3v) is 14.9. The zero-order chi connectivity index (χ0) is 32.7. The van der Waals surface area contributed by atoms with Crippen LogP contribution in [0.15, 0.2) is 66.7 Å². The van der Waals surface area contributed by atoms with E-state index in [1.54, 1.807) is 5.19 Å². The molecule has 0 nitrogen and oxygen atoms in total. The Balaban J connectivity index is 0.00000552. The Kier molecular flexibility index (Phi) is 18.4. The third kappa shape index (κ3) is 9.37. The van der Waals surface area contributed by atoms with Gasteiger partial charge in [0.05, 0.1) is 0 Å². The van der Waals surface area contributed by atoms with Crippen molar-refractivity contribution in [2.24, 2.45) is 0 Å². The molecule has 0 spiro atoms. The Morgan fingerprint density at radius 3 is 0.812 bits per heavy atom. The monoisotopic (exact) mass is 756 g/mol. The van der Waals surface area contributed by atoms with Crippen molar-refractivity contribution >= 4 is 28.8 Å². The third-order valence-electron chi connectivity index (χ3n) is 10.1. The summed E-state index contributed by atoms with van der Waals surface area (Å²) in [5.74, 6) is 2.77. The maximum Gasteiger partial charge on any atom is 4.00 e. The Bertz CT molecular complexity index is 1380. The summed E-state index contributed by atoms with van der Waals surface area (Å²) >= 11 is 0. The summed E-state index contributed by atoms with van der Waals surface area (Å²) in [5, 5.41) is 6.16. The van der Waals surface area contributed by atoms with Gasteiger partial charge in [-0.1, -0.05) is 167 Å². The average Bonchev–Trinajstić information content (AvgIpc) is 3.30. The Morgan fingerprint density at radius 2 is 0.646 bits per heavy atom. The fourth-order valence-electron chi connectivity index (χ4n) is 6.72. The van der Waals surface area contributed by atoms with E-state index < -0.39 is 8.07 Å². The molecule has 0 atom stereocenters. The van der Waals surface area contributed by atoms with Crippen LogP contribution in [0.1, 0.15) is 163 Å². The predicted molar refractivity (Wildman–Crippen MR) is 200 cm³/mol. The maximum absolute atomic E-state index is 2.79. The summed E-state index contributed by atoms with van der Waals surface area (Å²) < 4.78 is 0. The summed E-state index contributed by atoms with van der Waals surface area (Å²) in [7, 11) is -2.79. The van der Waals surface area contributed by atoms with Gasteiger partial charge in [-0.15, -0.1) is 5.19 Å². The molecule has 0 N–H and O–H groups in total. The molecule has 0 aliphatic carbocycles. The second-order valence-corrected chi connectivity index (χ2v) is 19.2. The molecule has 0 aromatic heterocycles. The van der Waals surface area contributed by atoms with Gasteiger partial charge in [-0.3, -0.25) is 0 Å². The standard InChI is InChI=1S/C43H59Si.3ClH.Ti/c1-26(2)34-17-35(27(3)4)21-40(20-34)44(43-16-15-32(13)33(43)14,41-22-36(28(5)6)18-37(23-41)29(7)8)42-24-38(30(9)10)19-39(25-42)31(11)12;;;;/h15-31H,1-14H3;3*1H;/q-1;;;;+4/p-3. The summed E-state index contributed by atoms with van der Waals surface area (Å²) in [5.41, 5.74) is 11.6. The topological polar surface area (TPSA) is 0 Å². The van der Waals surface area contributed by atoms with Crippen LogP contribution in [0, 0.1) is 13.8 Å². The van der Waals surface area contributed by atoms with Crippen molar-refractivity contribution in [3.8, 4) is 0 Å². The minimum Gasteiger partial charge on any atom is -1.00 e. The van der Waals surface area contributed by atoms with Gasteiger partial charge < -0.3 is 37.2 Å². The number of rotatable bonds is 10. The van der Waals surface area contributed by atoms with Crippen LogP contribution < -0.4 is 58.0 Å². The molecule has 0 unspecified atom stereocenters. The van der Waals surface area contributed by atoms with Crippen molar-refractivity contribution in [3.63, 3.8) is 0 Å². The van der Waals surface area contributed by atoms with Crippen LogP contribution in [-0.4, -0.2) is 8.07 Å². The molecule has 48 heavy (non-hydrogen) atoms. The molecule has 0 saturated heterocycles. The molecule has 4 aromatic rings. The van der Waals surface area contributed by atoms with Crippen LogP contribution in [0.3, 0.4) is 0 Å². The molecular weight excluding hydrogens is 699 g/mol. The van der Waals surface area contributed by atoms with E-state index in [-0.39, 0.29) is 58.9 Å². The molecule has 4 aromatic carbocycles. The zero-order valence-corrected chi connectivity index (χ0v) is 36.8. The van der Waals surface area contributed by atoms with Crippen molar-refractivity contribution in [1.82, 2.24) is 0 Å². The van der Waals surface area contributed by atoms with E-state index in [9.17, 15) is 0 Å². The zero-order valence-electron chi connectivity index (χ0n) is 31.9. The fraction of sp³-hybridized carbons (Fsp3) is 0.465. The van der Waals surface area contributed by atoms with E-state index >= 15 is 0 Å². The number of halogens is 3. The first-order valence-corrected chi connectivity index (χ1v) is 19.3. The summed E-state index contributed by atoms with van der Waals surface area (Å²) in [6.07, 6.45) is 0. The van der Waals surface area contributed by atoms with Gasteiger partial charge in [-0.25, -0.2) is 6.07 Å². The van der Waals surface area contributed by atoms with E-state index in [0.29, 0.717) is 35.5 Å². The van der Waals surface area contributed by atoms with E-state index in [1.807, 2.05) is 0 Å². The predicted octanol–water partition coefficient (Wildman–Crippen LogP) is 1.15. The Hall–Kier alpha value is -1.19. The van der Waals surface area contributed by atoms with Gasteiger partial charge in [0, 0.05) is 0 Å². The Labute approximate surface area is 329 Å². The fourth-order valence-corrected chi connectivity index (χ4v) is 12.0. The molecule has 5 heteroatoms. The van der Waals surface area contributed by atoms with Crippen molar-refractivity contribution in [3.05, 3.63) is 111 Å². The van der Waals surface area contributed by atoms with E-state index in [4.69, 9.17) is 0 Å². The first-order chi connectivity index (χ1) is 20.6. The van der Waals surface area contributed by atoms with Gasteiger partial charge in [-0.05, 0) is 68.9 Å². The maximum atomic E-state index is 2.61. The number of aryl methyl sites for hydroxylation is 1. The summed E-state index contributed by atoms with van der Waals surface area (Å²) in [6.45, 7) is 33.0. The summed E-state index contributed by atoms with van der Waals surface area (Å²) in [6, 6.07) is 28.0. The molecule has 0 bridgehead atoms. The van der Waals surface area contributed by atoms with Gasteiger partial charge in [0.1, 0.15) is 8.07 Å². The average molecular weight is 758 g/mol. The second kappa shape index (κ2) is 18.9. The van der Waals surface area contributed by atoms with Crippen LogP contribution in [0.2, 0.25) is 0 Å². The molecule has 0 heterocycles. The number of benzene rings is 3. The second-order valence-electron chi connectivity index (χ2n) is 15.4. The van der Waals surface area contributed by atoms with Crippen LogP contribution in [-0.2, 0) is 21.7 Å². The first-order valence-electron chi connectivity index (χ1n) is 17.3. The quantitative estimate of drug-likeness (QED) is 0.130. The summed E-state index contributed by atoms with van der Waals surface area (Å²) in [4.78, 5) is 0. The van der Waals surface area contributed by atoms with E-state index in [0.717, 1.165) is 0 Å². The number of hydrogen-bond acceptors (Lipinski definition) is 0. The minimum atomic E-state index is -2.79. The van der Waals surface area contributed by atoms with Gasteiger partial charge in [0.2, 0.25) is 0 Å². The van der Waals surface area contributed by atoms with Gasteiger partial charge in [0.25, 0.3) is 0 Å². The van der Waals surface area contributed by atoms with Crippen LogP contribution in [0.25, 0.3) is 0 Å². The van der Waals surface area contributed by atoms with Crippen LogP contribution in [0.5, 0.6) is 0 Å². The van der Waals surface area contributed by atoms with Crippen molar-refractivity contribution < 1.29 is 58.9 Å². The van der Waals surface area contributed by atoms with Crippen LogP contribution >= 0.6 is 0 Å². The minimum absolute atomic E-state index is 0. The molecule has 0 fully saturated rings. The smallest absolute Gasteiger partial charge is 1.00 e. The molecule has 260 valence electrons. The van der Waals surface area contributed by atoms with Crippen molar-refractivity contribution in [2.45, 2.75) is 132 Å². The van der Waals surface area contributed by atoms with Gasteiger partial charge in [0.15, 0.2) is 0 Å². The molecule has 0 aliphatic rings. The van der Waals surface area contributed by atoms with Gasteiger partial charge >= 0.3 is 21.7 Å². The molecule has 0 saturated carbocycles. The van der Waals surface area contributed by atoms with Crippen molar-refractivity contribution in [1.29, 1.82) is 0 Å². The van der Waals surface area contributed by atoms with Gasteiger partial charge in [-0.2, -0.15) is 17.2 Å². The van der Waals surface area contributed by atoms with Crippen molar-refractivity contribution in [2.75, 3.05) is 0 Å². The molecule has 0 radical (unpaired) electrons. The first kappa shape index (κ1) is 46.8. The van der Waals surface area contributed by atoms with Crippen LogP contribution in [0.4, 0.5) is 0 Å². The molecule has 4 rings (SSSR count). The normalized spacial score (nSPS) is 11.6. The molecular formula is C43H59Cl3SiTi. The number of hydrogen-bond donors (Lipinski definition) is 0. The SMILES string of the molecule is Cc1cc[c-]([Si](c2cc(C(C)C)cc(C(C)C)c2)(c2cc(C(C)C)cc(C(C)C)c2)c2cc(C(C)C)cc(C(C)C)c2)c1C.[Cl-].[Cl-].[Cl-].[Ti+4]. The van der Waals surface area contributed by atoms with E-state index in [2.05, 4.69) is 164 Å². The molecule has 0 aliphatic heterocycles. The largest absolute Gasteiger partial charge is 4.00 e. The Morgan fingerprint density at radius 1 is 0.417 bits per heavy atom. The molecule has 0 amide bonds.